The molecule has 0 aliphatic heterocycles. The summed E-state index contributed by atoms with van der Waals surface area (Å²) in [6.45, 7) is 0. The summed E-state index contributed by atoms with van der Waals surface area (Å²) in [5.41, 5.74) is 10.6. The lowest BCUT2D eigenvalue weighted by molar-refractivity contribution is 1.16. The molecule has 9 aromatic rings. The van der Waals surface area contributed by atoms with E-state index in [2.05, 4.69) is 185 Å². The van der Waals surface area contributed by atoms with Crippen LogP contribution in [0.3, 0.4) is 0 Å². The van der Waals surface area contributed by atoms with E-state index in [1.54, 1.807) is 0 Å². The Morgan fingerprint density at radius 1 is 0.326 bits per heavy atom. The lowest BCUT2D eigenvalue weighted by Gasteiger charge is -2.12. The Labute approximate surface area is 264 Å². The monoisotopic (exact) mass is 679 g/mol. The van der Waals surface area contributed by atoms with Gasteiger partial charge in [0.25, 0.3) is 0 Å². The Morgan fingerprint density at radius 2 is 0.721 bits per heavy atom. The Morgan fingerprint density at radius 3 is 1.26 bits per heavy atom. The van der Waals surface area contributed by atoms with Gasteiger partial charge in [-0.3, -0.25) is 0 Å². The van der Waals surface area contributed by atoms with E-state index in [4.69, 9.17) is 0 Å². The minimum Gasteiger partial charge on any atom is -0.309 e. The minimum absolute atomic E-state index is 1.06. The molecule has 9 rings (SSSR count). The van der Waals surface area contributed by atoms with E-state index in [9.17, 15) is 0 Å². The van der Waals surface area contributed by atoms with Gasteiger partial charge in [-0.2, -0.15) is 0 Å². The highest BCUT2D eigenvalue weighted by Crippen LogP contribution is 2.42. The number of nitrogens with zero attached hydrogens (tertiary/aromatic N) is 3. The van der Waals surface area contributed by atoms with Crippen LogP contribution in [0.15, 0.2) is 148 Å². The molecule has 0 bridgehead atoms. The normalized spacial score (nSPS) is 12.0. The summed E-state index contributed by atoms with van der Waals surface area (Å²) in [7, 11) is 0. The largest absolute Gasteiger partial charge is 0.309 e. The standard InChI is InChI=1S/C38H23Br2N3/c39-24-13-17-26(18-14-24)42-35-12-6-3-9-31(35)37-38(42)32-22-21-28(23-36(32)43(37)27-19-15-25(40)16-20-27)41-33-10-4-1-7-29(33)30-8-2-5-11-34(30)41/h1-23H. The first kappa shape index (κ1) is 25.0. The fourth-order valence-corrected chi connectivity index (χ4v) is 7.31. The summed E-state index contributed by atoms with van der Waals surface area (Å²) in [4.78, 5) is 0. The highest BCUT2D eigenvalue weighted by molar-refractivity contribution is 9.10. The van der Waals surface area contributed by atoms with Crippen molar-refractivity contribution in [2.45, 2.75) is 0 Å². The zero-order valence-electron chi connectivity index (χ0n) is 22.9. The molecule has 3 heterocycles. The Hall–Kier alpha value is -4.58. The molecule has 0 saturated carbocycles. The third-order valence-electron chi connectivity index (χ3n) is 8.56. The van der Waals surface area contributed by atoms with Crippen molar-refractivity contribution in [3.8, 4) is 17.1 Å². The van der Waals surface area contributed by atoms with E-state index in [0.29, 0.717) is 0 Å². The molecule has 0 aliphatic carbocycles. The van der Waals surface area contributed by atoms with Crippen molar-refractivity contribution in [2.24, 2.45) is 0 Å². The maximum atomic E-state index is 3.65. The van der Waals surface area contributed by atoms with E-state index in [1.807, 2.05) is 0 Å². The molecule has 5 heteroatoms. The van der Waals surface area contributed by atoms with Crippen LogP contribution in [0.25, 0.3) is 71.7 Å². The maximum Gasteiger partial charge on any atom is 0.0803 e. The van der Waals surface area contributed by atoms with Crippen LogP contribution < -0.4 is 0 Å². The Kier molecular flexibility index (Phi) is 5.49. The van der Waals surface area contributed by atoms with Crippen molar-refractivity contribution in [1.29, 1.82) is 0 Å². The number of hydrogen-bond acceptors (Lipinski definition) is 0. The summed E-state index contributed by atoms with van der Waals surface area (Å²) in [6, 6.07) is 50.3. The Bertz CT molecular complexity index is 2460. The van der Waals surface area contributed by atoms with Gasteiger partial charge in [0, 0.05) is 47.6 Å². The molecule has 0 unspecified atom stereocenters. The fraction of sp³-hybridized carbons (Fsp3) is 0. The van der Waals surface area contributed by atoms with Gasteiger partial charge in [0.15, 0.2) is 0 Å². The van der Waals surface area contributed by atoms with E-state index in [-0.39, 0.29) is 0 Å². The first-order valence-corrected chi connectivity index (χ1v) is 15.8. The van der Waals surface area contributed by atoms with Gasteiger partial charge < -0.3 is 13.7 Å². The smallest absolute Gasteiger partial charge is 0.0803 e. The predicted molar refractivity (Wildman–Crippen MR) is 187 cm³/mol. The number of rotatable bonds is 3. The van der Waals surface area contributed by atoms with Crippen LogP contribution in [0.1, 0.15) is 0 Å². The number of hydrogen-bond donors (Lipinski definition) is 0. The molecule has 43 heavy (non-hydrogen) atoms. The molecule has 0 radical (unpaired) electrons. The van der Waals surface area contributed by atoms with Gasteiger partial charge in [0.05, 0.1) is 33.1 Å². The fourth-order valence-electron chi connectivity index (χ4n) is 6.78. The number of fused-ring (bicyclic) bond motifs is 8. The molecule has 0 spiro atoms. The average molecular weight is 681 g/mol. The van der Waals surface area contributed by atoms with Crippen molar-refractivity contribution < 1.29 is 0 Å². The molecule has 0 aliphatic rings. The average Bonchev–Trinajstić information content (AvgIpc) is 3.67. The van der Waals surface area contributed by atoms with E-state index in [0.717, 1.165) is 26.0 Å². The topological polar surface area (TPSA) is 14.8 Å². The van der Waals surface area contributed by atoms with Crippen molar-refractivity contribution in [2.75, 3.05) is 0 Å². The highest BCUT2D eigenvalue weighted by Gasteiger charge is 2.23. The number of benzene rings is 6. The second kappa shape index (κ2) is 9.46. The first-order valence-electron chi connectivity index (χ1n) is 14.3. The van der Waals surface area contributed by atoms with Gasteiger partial charge in [-0.25, -0.2) is 0 Å². The Balaban J connectivity index is 1.45. The van der Waals surface area contributed by atoms with Crippen LogP contribution >= 0.6 is 31.9 Å². The molecule has 0 fully saturated rings. The van der Waals surface area contributed by atoms with Gasteiger partial charge >= 0.3 is 0 Å². The highest BCUT2D eigenvalue weighted by atomic mass is 79.9. The third-order valence-corrected chi connectivity index (χ3v) is 9.61. The summed E-state index contributed by atoms with van der Waals surface area (Å²) in [6.07, 6.45) is 0. The molecule has 6 aromatic carbocycles. The summed E-state index contributed by atoms with van der Waals surface area (Å²) < 4.78 is 9.37. The lowest BCUT2D eigenvalue weighted by Crippen LogP contribution is -1.97. The molecule has 3 nitrogen and oxygen atoms in total. The third kappa shape index (κ3) is 3.65. The molecule has 204 valence electrons. The van der Waals surface area contributed by atoms with Gasteiger partial charge in [0.2, 0.25) is 0 Å². The summed E-state index contributed by atoms with van der Waals surface area (Å²) >= 11 is 7.28. The molecule has 0 amide bonds. The van der Waals surface area contributed by atoms with Gasteiger partial charge in [0.1, 0.15) is 0 Å². The minimum atomic E-state index is 1.06. The second-order valence-electron chi connectivity index (χ2n) is 10.9. The molecule has 0 atom stereocenters. The quantitative estimate of drug-likeness (QED) is 0.176. The number of halogens is 2. The van der Waals surface area contributed by atoms with E-state index >= 15 is 0 Å². The van der Waals surface area contributed by atoms with Crippen LogP contribution in [0.5, 0.6) is 0 Å². The van der Waals surface area contributed by atoms with Crippen molar-refractivity contribution in [1.82, 2.24) is 13.7 Å². The van der Waals surface area contributed by atoms with Crippen LogP contribution in [-0.2, 0) is 0 Å². The molecule has 0 N–H and O–H groups in total. The van der Waals surface area contributed by atoms with Crippen molar-refractivity contribution >= 4 is 86.5 Å². The van der Waals surface area contributed by atoms with Crippen LogP contribution in [0, 0.1) is 0 Å². The molecule has 3 aromatic heterocycles. The number of aromatic nitrogens is 3. The van der Waals surface area contributed by atoms with Crippen LogP contribution in [0.4, 0.5) is 0 Å². The van der Waals surface area contributed by atoms with E-state index in [1.165, 1.54) is 54.6 Å². The van der Waals surface area contributed by atoms with E-state index < -0.39 is 0 Å². The predicted octanol–water partition coefficient (Wildman–Crippen LogP) is 11.3. The van der Waals surface area contributed by atoms with Crippen LogP contribution in [-0.4, -0.2) is 13.7 Å². The van der Waals surface area contributed by atoms with Crippen molar-refractivity contribution in [3.63, 3.8) is 0 Å². The molecular weight excluding hydrogens is 658 g/mol. The lowest BCUT2D eigenvalue weighted by atomic mass is 10.2. The summed E-state index contributed by atoms with van der Waals surface area (Å²) in [5, 5.41) is 4.96. The SMILES string of the molecule is Brc1ccc(-n2c3ccccc3c3c2c2ccc(-n4c5ccccc5c5ccccc54)cc2n3-c2ccc(Br)cc2)cc1. The summed E-state index contributed by atoms with van der Waals surface area (Å²) in [5.74, 6) is 0. The molecular formula is C38H23Br2N3. The van der Waals surface area contributed by atoms with Crippen LogP contribution in [0.2, 0.25) is 0 Å². The van der Waals surface area contributed by atoms with Gasteiger partial charge in [-0.05, 0) is 84.9 Å². The van der Waals surface area contributed by atoms with Gasteiger partial charge in [-0.1, -0.05) is 86.5 Å². The zero-order valence-corrected chi connectivity index (χ0v) is 26.0. The molecule has 0 saturated heterocycles. The maximum absolute atomic E-state index is 3.65. The number of para-hydroxylation sites is 3. The first-order chi connectivity index (χ1) is 21.2. The van der Waals surface area contributed by atoms with Crippen molar-refractivity contribution in [3.05, 3.63) is 148 Å². The van der Waals surface area contributed by atoms with Gasteiger partial charge in [-0.15, -0.1) is 0 Å². The zero-order chi connectivity index (χ0) is 28.7. The second-order valence-corrected chi connectivity index (χ2v) is 12.7.